The Hall–Kier alpha value is -3.65. The first-order valence-corrected chi connectivity index (χ1v) is 10.4. The summed E-state index contributed by atoms with van der Waals surface area (Å²) in [7, 11) is 1.58. The van der Waals surface area contributed by atoms with Gasteiger partial charge in [-0.1, -0.05) is 30.3 Å². The molecule has 3 aromatic rings. The lowest BCUT2D eigenvalue weighted by molar-refractivity contribution is -0.141. The van der Waals surface area contributed by atoms with Crippen molar-refractivity contribution in [2.45, 2.75) is 13.0 Å². The molecule has 2 heterocycles. The number of hydrogen-bond acceptors (Lipinski definition) is 6. The van der Waals surface area contributed by atoms with Gasteiger partial charge in [0.15, 0.2) is 6.61 Å². The molecule has 1 amide bonds. The van der Waals surface area contributed by atoms with Gasteiger partial charge in [0.05, 0.1) is 25.5 Å². The molecule has 32 heavy (non-hydrogen) atoms. The number of benzene rings is 2. The zero-order valence-corrected chi connectivity index (χ0v) is 18.1. The minimum atomic E-state index is -0.611. The van der Waals surface area contributed by atoms with Crippen LogP contribution in [0.2, 0.25) is 0 Å². The van der Waals surface area contributed by atoms with Gasteiger partial charge in [-0.05, 0) is 31.2 Å². The van der Waals surface area contributed by atoms with Crippen LogP contribution in [0.25, 0.3) is 16.9 Å². The maximum Gasteiger partial charge on any atom is 0.342 e. The molecule has 0 saturated carbocycles. The number of carbonyl (C=O) groups excluding carboxylic acids is 2. The van der Waals surface area contributed by atoms with Crippen LogP contribution in [0.5, 0.6) is 5.75 Å². The molecule has 1 fully saturated rings. The molecular weight excluding hydrogens is 410 g/mol. The van der Waals surface area contributed by atoms with Gasteiger partial charge < -0.3 is 19.1 Å². The summed E-state index contributed by atoms with van der Waals surface area (Å²) in [6, 6.07) is 16.8. The van der Waals surface area contributed by atoms with Gasteiger partial charge in [-0.3, -0.25) is 4.79 Å². The minimum absolute atomic E-state index is 0.0350. The smallest absolute Gasteiger partial charge is 0.342 e. The lowest BCUT2D eigenvalue weighted by Crippen LogP contribution is -2.46. The van der Waals surface area contributed by atoms with E-state index in [1.54, 1.807) is 29.0 Å². The van der Waals surface area contributed by atoms with Crippen LogP contribution in [0.3, 0.4) is 0 Å². The Balaban J connectivity index is 1.59. The van der Waals surface area contributed by atoms with Crippen LogP contribution in [0.4, 0.5) is 0 Å². The molecule has 0 spiro atoms. The number of aromatic nitrogens is 2. The van der Waals surface area contributed by atoms with E-state index in [2.05, 4.69) is 5.10 Å². The van der Waals surface area contributed by atoms with E-state index in [4.69, 9.17) is 14.2 Å². The number of hydrogen-bond donors (Lipinski definition) is 0. The molecule has 1 saturated heterocycles. The molecule has 1 aliphatic rings. The molecule has 0 aliphatic carbocycles. The van der Waals surface area contributed by atoms with Gasteiger partial charge in [-0.25, -0.2) is 9.48 Å². The Kier molecular flexibility index (Phi) is 6.51. The normalized spacial score (nSPS) is 15.9. The third-order valence-corrected chi connectivity index (χ3v) is 5.22. The highest BCUT2D eigenvalue weighted by Gasteiger charge is 2.25. The third-order valence-electron chi connectivity index (χ3n) is 5.22. The van der Waals surface area contributed by atoms with Crippen LogP contribution in [0.15, 0.2) is 60.8 Å². The second-order valence-corrected chi connectivity index (χ2v) is 7.50. The molecule has 8 nitrogen and oxygen atoms in total. The minimum Gasteiger partial charge on any atom is -0.497 e. The molecule has 2 aromatic carbocycles. The van der Waals surface area contributed by atoms with Crippen molar-refractivity contribution in [2.24, 2.45) is 0 Å². The highest BCUT2D eigenvalue weighted by Crippen LogP contribution is 2.27. The summed E-state index contributed by atoms with van der Waals surface area (Å²) in [4.78, 5) is 27.1. The lowest BCUT2D eigenvalue weighted by atomic mass is 10.1. The predicted octanol–water partition coefficient (Wildman–Crippen LogP) is 2.95. The van der Waals surface area contributed by atoms with Crippen LogP contribution in [-0.4, -0.2) is 66.1 Å². The summed E-state index contributed by atoms with van der Waals surface area (Å²) in [5.41, 5.74) is 2.23. The topological polar surface area (TPSA) is 82.9 Å². The number of morpholine rings is 1. The van der Waals surface area contributed by atoms with Crippen molar-refractivity contribution < 1.29 is 23.8 Å². The SMILES string of the molecule is COc1cccc(-c2nn(-c3ccccc3)cc2C(=O)OCC(=O)N2CCOC(C)C2)c1. The van der Waals surface area contributed by atoms with Gasteiger partial charge >= 0.3 is 5.97 Å². The molecule has 0 bridgehead atoms. The molecule has 0 N–H and O–H groups in total. The summed E-state index contributed by atoms with van der Waals surface area (Å²) in [6.45, 7) is 3.02. The number of esters is 1. The maximum atomic E-state index is 13.0. The first kappa shape index (κ1) is 21.6. The van der Waals surface area contributed by atoms with Gasteiger partial charge in [-0.15, -0.1) is 0 Å². The number of ether oxygens (including phenoxy) is 3. The van der Waals surface area contributed by atoms with Crippen LogP contribution < -0.4 is 4.74 Å². The van der Waals surface area contributed by atoms with E-state index >= 15 is 0 Å². The summed E-state index contributed by atoms with van der Waals surface area (Å²) >= 11 is 0. The van der Waals surface area contributed by atoms with Crippen molar-refractivity contribution in [1.29, 1.82) is 0 Å². The fourth-order valence-electron chi connectivity index (χ4n) is 3.56. The van der Waals surface area contributed by atoms with Crippen LogP contribution in [0, 0.1) is 0 Å². The molecule has 1 unspecified atom stereocenters. The van der Waals surface area contributed by atoms with Gasteiger partial charge in [0.1, 0.15) is 17.0 Å². The van der Waals surface area contributed by atoms with E-state index in [0.717, 1.165) is 5.69 Å². The fourth-order valence-corrected chi connectivity index (χ4v) is 3.56. The number of carbonyl (C=O) groups is 2. The zero-order chi connectivity index (χ0) is 22.5. The second kappa shape index (κ2) is 9.65. The van der Waals surface area contributed by atoms with E-state index in [1.165, 1.54) is 0 Å². The van der Waals surface area contributed by atoms with Crippen LogP contribution in [0.1, 0.15) is 17.3 Å². The first-order valence-electron chi connectivity index (χ1n) is 10.4. The summed E-state index contributed by atoms with van der Waals surface area (Å²) in [5, 5.41) is 4.62. The lowest BCUT2D eigenvalue weighted by Gasteiger charge is -2.30. The monoisotopic (exact) mass is 435 g/mol. The number of rotatable bonds is 6. The van der Waals surface area contributed by atoms with E-state index < -0.39 is 5.97 Å². The van der Waals surface area contributed by atoms with E-state index in [1.807, 2.05) is 55.5 Å². The van der Waals surface area contributed by atoms with Crippen molar-refractivity contribution in [3.8, 4) is 22.7 Å². The number of methoxy groups -OCH3 is 1. The summed E-state index contributed by atoms with van der Waals surface area (Å²) < 4.78 is 17.8. The maximum absolute atomic E-state index is 13.0. The molecule has 1 atom stereocenters. The molecular formula is C24H25N3O5. The van der Waals surface area contributed by atoms with E-state index in [0.29, 0.717) is 36.7 Å². The zero-order valence-electron chi connectivity index (χ0n) is 18.1. The Morgan fingerprint density at radius 2 is 1.97 bits per heavy atom. The summed E-state index contributed by atoms with van der Waals surface area (Å²) in [6.07, 6.45) is 1.58. The Bertz CT molecular complexity index is 1100. The quantitative estimate of drug-likeness (QED) is 0.554. The van der Waals surface area contributed by atoms with Crippen molar-refractivity contribution in [2.75, 3.05) is 33.4 Å². The fraction of sp³-hybridized carbons (Fsp3) is 0.292. The Morgan fingerprint density at radius 1 is 1.16 bits per heavy atom. The Labute approximate surface area is 186 Å². The van der Waals surface area contributed by atoms with Crippen LogP contribution >= 0.6 is 0 Å². The molecule has 1 aliphatic heterocycles. The predicted molar refractivity (Wildman–Crippen MR) is 118 cm³/mol. The largest absolute Gasteiger partial charge is 0.497 e. The average Bonchev–Trinajstić information content (AvgIpc) is 3.29. The second-order valence-electron chi connectivity index (χ2n) is 7.50. The Morgan fingerprint density at radius 3 is 2.72 bits per heavy atom. The van der Waals surface area contributed by atoms with Crippen molar-refractivity contribution >= 4 is 11.9 Å². The number of amides is 1. The standard InChI is InChI=1S/C24H25N3O5/c1-17-14-26(11-12-31-17)22(28)16-32-24(29)21-15-27(19-8-4-3-5-9-19)25-23(21)18-7-6-10-20(13-18)30-2/h3-10,13,15,17H,11-12,14,16H2,1-2H3. The van der Waals surface area contributed by atoms with Gasteiger partial charge in [0.25, 0.3) is 5.91 Å². The highest BCUT2D eigenvalue weighted by atomic mass is 16.5. The molecule has 0 radical (unpaired) electrons. The van der Waals surface area contributed by atoms with E-state index in [9.17, 15) is 9.59 Å². The molecule has 8 heteroatoms. The van der Waals surface area contributed by atoms with Crippen molar-refractivity contribution in [3.63, 3.8) is 0 Å². The molecule has 166 valence electrons. The van der Waals surface area contributed by atoms with Crippen LogP contribution in [-0.2, 0) is 14.3 Å². The molecule has 1 aromatic heterocycles. The van der Waals surface area contributed by atoms with Crippen molar-refractivity contribution in [1.82, 2.24) is 14.7 Å². The third kappa shape index (κ3) is 4.81. The number of para-hydroxylation sites is 1. The van der Waals surface area contributed by atoms with Gasteiger partial charge in [0, 0.05) is 24.8 Å². The van der Waals surface area contributed by atoms with Gasteiger partial charge in [0.2, 0.25) is 0 Å². The average molecular weight is 435 g/mol. The number of nitrogens with zero attached hydrogens (tertiary/aromatic N) is 3. The van der Waals surface area contributed by atoms with E-state index in [-0.39, 0.29) is 24.2 Å². The van der Waals surface area contributed by atoms with Crippen molar-refractivity contribution in [3.05, 3.63) is 66.4 Å². The first-order chi connectivity index (χ1) is 15.5. The van der Waals surface area contributed by atoms with Gasteiger partial charge in [-0.2, -0.15) is 5.10 Å². The summed E-state index contributed by atoms with van der Waals surface area (Å²) in [5.74, 6) is -0.209. The molecule has 4 rings (SSSR count). The highest BCUT2D eigenvalue weighted by molar-refractivity contribution is 5.97.